The van der Waals surface area contributed by atoms with Crippen molar-refractivity contribution in [1.29, 1.82) is 0 Å². The average molecular weight is 306 g/mol. The van der Waals surface area contributed by atoms with Gasteiger partial charge in [0.05, 0.1) is 18.4 Å². The molecule has 0 aliphatic carbocycles. The van der Waals surface area contributed by atoms with Gasteiger partial charge in [-0.3, -0.25) is 5.01 Å². The van der Waals surface area contributed by atoms with E-state index in [4.69, 9.17) is 0 Å². The Morgan fingerprint density at radius 3 is 2.61 bits per heavy atom. The molecule has 3 nitrogen and oxygen atoms in total. The molecule has 0 heterocycles. The van der Waals surface area contributed by atoms with Gasteiger partial charge in [-0.2, -0.15) is 0 Å². The molecular weight excluding hydrogens is 284 g/mol. The van der Waals surface area contributed by atoms with Crippen molar-refractivity contribution in [3.63, 3.8) is 0 Å². The Kier molecular flexibility index (Phi) is 5.54. The second-order valence-electron chi connectivity index (χ2n) is 6.49. The van der Waals surface area contributed by atoms with Crippen molar-refractivity contribution in [1.82, 2.24) is 5.01 Å². The van der Waals surface area contributed by atoms with Crippen molar-refractivity contribution in [3.8, 4) is 11.8 Å². The third kappa shape index (κ3) is 5.27. The summed E-state index contributed by atoms with van der Waals surface area (Å²) in [6.45, 7) is 7.13. The lowest BCUT2D eigenvalue weighted by atomic mass is 9.98. The molecule has 0 radical (unpaired) electrons. The summed E-state index contributed by atoms with van der Waals surface area (Å²) >= 11 is 0. The Balaban J connectivity index is 2.05. The van der Waals surface area contributed by atoms with Crippen LogP contribution in [0.5, 0.6) is 0 Å². The highest BCUT2D eigenvalue weighted by Crippen LogP contribution is 2.20. The van der Waals surface area contributed by atoms with Gasteiger partial charge in [0.25, 0.3) is 0 Å². The van der Waals surface area contributed by atoms with Crippen LogP contribution < -0.4 is 0 Å². The Bertz CT molecular complexity index is 755. The van der Waals surface area contributed by atoms with Gasteiger partial charge in [0.2, 0.25) is 0 Å². The monoisotopic (exact) mass is 306 g/mol. The molecule has 2 aromatic rings. The minimum Gasteiger partial charge on any atom is -0.253 e. The van der Waals surface area contributed by atoms with E-state index in [0.717, 1.165) is 10.9 Å². The fourth-order valence-electron chi connectivity index (χ4n) is 2.25. The third-order valence-corrected chi connectivity index (χ3v) is 3.31. The van der Waals surface area contributed by atoms with E-state index in [1.807, 2.05) is 30.3 Å². The van der Waals surface area contributed by atoms with E-state index in [2.05, 4.69) is 56.1 Å². The second kappa shape index (κ2) is 7.60. The smallest absolute Gasteiger partial charge is 0.0652 e. The van der Waals surface area contributed by atoms with Crippen LogP contribution in [0, 0.1) is 22.2 Å². The molecule has 0 aromatic heterocycles. The van der Waals surface area contributed by atoms with E-state index >= 15 is 0 Å². The summed E-state index contributed by atoms with van der Waals surface area (Å²) in [6.07, 6.45) is 3.65. The van der Waals surface area contributed by atoms with Crippen LogP contribution in [0.25, 0.3) is 10.8 Å². The van der Waals surface area contributed by atoms with Crippen LogP contribution in [0.3, 0.4) is 0 Å². The lowest BCUT2D eigenvalue weighted by molar-refractivity contribution is 0.308. The minimum absolute atomic E-state index is 0.0180. The van der Waals surface area contributed by atoms with Gasteiger partial charge in [-0.1, -0.05) is 60.4 Å². The van der Waals surface area contributed by atoms with Crippen LogP contribution >= 0.6 is 0 Å². The van der Waals surface area contributed by atoms with Gasteiger partial charge in [-0.05, 0) is 43.2 Å². The van der Waals surface area contributed by atoms with Gasteiger partial charge in [-0.25, -0.2) is 0 Å². The number of rotatable bonds is 5. The van der Waals surface area contributed by atoms with Crippen molar-refractivity contribution in [2.24, 2.45) is 10.7 Å². The Hall–Kier alpha value is -2.60. The highest BCUT2D eigenvalue weighted by molar-refractivity contribution is 5.85. The van der Waals surface area contributed by atoms with Crippen LogP contribution in [0.15, 0.2) is 59.9 Å². The van der Waals surface area contributed by atoms with Crippen LogP contribution in [0.2, 0.25) is 0 Å². The zero-order chi connectivity index (χ0) is 16.7. The highest BCUT2D eigenvalue weighted by atomic mass is 16.3. The molecule has 0 saturated carbocycles. The minimum atomic E-state index is -0.0180. The van der Waals surface area contributed by atoms with Gasteiger partial charge in [0.15, 0.2) is 0 Å². The number of nitrogens with zero attached hydrogens (tertiary/aromatic N) is 2. The molecule has 0 aliphatic heterocycles. The number of fused-ring (bicyclic) bond motifs is 1. The zero-order valence-electron chi connectivity index (χ0n) is 13.9. The van der Waals surface area contributed by atoms with Crippen LogP contribution in [0.1, 0.15) is 26.3 Å². The van der Waals surface area contributed by atoms with Crippen LogP contribution in [0.4, 0.5) is 0 Å². The van der Waals surface area contributed by atoms with Crippen molar-refractivity contribution >= 4 is 10.8 Å². The zero-order valence-corrected chi connectivity index (χ0v) is 13.9. The van der Waals surface area contributed by atoms with Crippen molar-refractivity contribution in [2.45, 2.75) is 27.3 Å². The number of allylic oxidation sites excluding steroid dienone is 1. The first-order chi connectivity index (χ1) is 11.0. The summed E-state index contributed by atoms with van der Waals surface area (Å²) in [5.74, 6) is 6.12. The quantitative estimate of drug-likeness (QED) is 0.446. The van der Waals surface area contributed by atoms with Gasteiger partial charge in [0, 0.05) is 5.41 Å². The summed E-state index contributed by atoms with van der Waals surface area (Å²) in [6, 6.07) is 14.3. The lowest BCUT2D eigenvalue weighted by Crippen LogP contribution is -2.16. The Labute approximate surface area is 137 Å². The first-order valence-electron chi connectivity index (χ1n) is 7.72. The number of benzene rings is 2. The Morgan fingerprint density at radius 1 is 1.13 bits per heavy atom. The molecule has 118 valence electrons. The standard InChI is InChI=1S/C20H22N2O/c1-20(2,3)14-7-4-8-15-22(21-23)16-18-12-9-11-17-10-5-6-13-19(17)18/h4-6,8-13H,15-16H2,1-3H3/b8-4+. The normalized spacial score (nSPS) is 11.3. The summed E-state index contributed by atoms with van der Waals surface area (Å²) in [4.78, 5) is 11.1. The molecule has 0 N–H and O–H groups in total. The van der Waals surface area contributed by atoms with Crippen molar-refractivity contribution in [2.75, 3.05) is 6.54 Å². The third-order valence-electron chi connectivity index (χ3n) is 3.31. The molecule has 0 bridgehead atoms. The maximum absolute atomic E-state index is 11.1. The molecule has 3 heteroatoms. The van der Waals surface area contributed by atoms with Crippen LogP contribution in [-0.4, -0.2) is 11.6 Å². The largest absolute Gasteiger partial charge is 0.253 e. The highest BCUT2D eigenvalue weighted by Gasteiger charge is 2.06. The van der Waals surface area contributed by atoms with E-state index in [0.29, 0.717) is 13.1 Å². The Morgan fingerprint density at radius 2 is 1.87 bits per heavy atom. The van der Waals surface area contributed by atoms with Crippen LogP contribution in [-0.2, 0) is 6.54 Å². The molecule has 23 heavy (non-hydrogen) atoms. The topological polar surface area (TPSA) is 32.7 Å². The summed E-state index contributed by atoms with van der Waals surface area (Å²) in [5.41, 5.74) is 1.08. The molecule has 0 spiro atoms. The number of nitroso groups, excluding NO2 is 1. The second-order valence-corrected chi connectivity index (χ2v) is 6.49. The predicted octanol–water partition coefficient (Wildman–Crippen LogP) is 4.93. The van der Waals surface area contributed by atoms with E-state index in [-0.39, 0.29) is 5.41 Å². The molecular formula is C20H22N2O. The first kappa shape index (κ1) is 16.8. The molecule has 0 fully saturated rings. The van der Waals surface area contributed by atoms with Gasteiger partial charge in [-0.15, -0.1) is 4.91 Å². The molecule has 0 aliphatic rings. The maximum Gasteiger partial charge on any atom is 0.0652 e. The molecule has 2 aromatic carbocycles. The molecule has 0 unspecified atom stereocenters. The fraction of sp³-hybridized carbons (Fsp3) is 0.300. The SMILES string of the molecule is CC(C)(C)C#C/C=C/CN(Cc1cccc2ccccc12)N=O. The summed E-state index contributed by atoms with van der Waals surface area (Å²) in [7, 11) is 0. The van der Waals surface area contributed by atoms with E-state index in [9.17, 15) is 4.91 Å². The van der Waals surface area contributed by atoms with E-state index < -0.39 is 0 Å². The molecule has 0 atom stereocenters. The van der Waals surface area contributed by atoms with Crippen molar-refractivity contribution in [3.05, 3.63) is 65.1 Å². The maximum atomic E-state index is 11.1. The summed E-state index contributed by atoms with van der Waals surface area (Å²) < 4.78 is 0. The molecule has 0 saturated heterocycles. The van der Waals surface area contributed by atoms with Crippen molar-refractivity contribution < 1.29 is 0 Å². The fourth-order valence-corrected chi connectivity index (χ4v) is 2.25. The molecule has 0 amide bonds. The average Bonchev–Trinajstić information content (AvgIpc) is 2.52. The van der Waals surface area contributed by atoms with Gasteiger partial charge in [0.1, 0.15) is 0 Å². The lowest BCUT2D eigenvalue weighted by Gasteiger charge is -2.14. The predicted molar refractivity (Wildman–Crippen MR) is 96.5 cm³/mol. The van der Waals surface area contributed by atoms with Gasteiger partial charge >= 0.3 is 0 Å². The molecule has 2 rings (SSSR count). The number of hydrogen-bond donors (Lipinski definition) is 0. The van der Waals surface area contributed by atoms with E-state index in [1.54, 1.807) is 6.08 Å². The van der Waals surface area contributed by atoms with Gasteiger partial charge < -0.3 is 0 Å². The number of hydrogen-bond acceptors (Lipinski definition) is 2. The summed E-state index contributed by atoms with van der Waals surface area (Å²) in [5, 5.41) is 6.94. The van der Waals surface area contributed by atoms with E-state index in [1.165, 1.54) is 10.4 Å². The first-order valence-corrected chi connectivity index (χ1v) is 7.72.